The third kappa shape index (κ3) is 3.85. The summed E-state index contributed by atoms with van der Waals surface area (Å²) in [6, 6.07) is 0. The molecule has 0 amide bonds. The van der Waals surface area contributed by atoms with Crippen molar-refractivity contribution in [1.82, 2.24) is 15.0 Å². The van der Waals surface area contributed by atoms with Crippen LogP contribution in [0.2, 0.25) is 0 Å². The summed E-state index contributed by atoms with van der Waals surface area (Å²) in [6.07, 6.45) is 0.281. The van der Waals surface area contributed by atoms with Crippen LogP contribution >= 0.6 is 0 Å². The first kappa shape index (κ1) is 12.4. The average Bonchev–Trinajstić information content (AvgIpc) is 2.16. The van der Waals surface area contributed by atoms with E-state index < -0.39 is 0 Å². The Balaban J connectivity index is 2.65. The number of nitrogens with one attached hydrogen (secondary N) is 1. The molecule has 90 valence electrons. The standard InChI is InChI=1S/C9H18N6O/c1-6(16)4-5-11-8-12-7(10)13-9(14-8)15(2)3/h6,16H,4-5H2,1-3H3,(H3,10,11,12,13,14). The van der Waals surface area contributed by atoms with E-state index in [1.807, 2.05) is 14.1 Å². The maximum Gasteiger partial charge on any atom is 0.231 e. The fourth-order valence-corrected chi connectivity index (χ4v) is 1.05. The Bertz CT molecular complexity index is 341. The van der Waals surface area contributed by atoms with Crippen molar-refractivity contribution >= 4 is 17.8 Å². The molecule has 1 unspecified atom stereocenters. The molecule has 0 radical (unpaired) electrons. The largest absolute Gasteiger partial charge is 0.393 e. The normalized spacial score (nSPS) is 12.2. The van der Waals surface area contributed by atoms with Crippen LogP contribution in [-0.4, -0.2) is 46.8 Å². The fourth-order valence-electron chi connectivity index (χ4n) is 1.05. The zero-order valence-electron chi connectivity index (χ0n) is 9.80. The van der Waals surface area contributed by atoms with Gasteiger partial charge < -0.3 is 21.1 Å². The van der Waals surface area contributed by atoms with Crippen LogP contribution in [0.5, 0.6) is 0 Å². The molecule has 0 aromatic carbocycles. The Kier molecular flexibility index (Phi) is 4.24. The van der Waals surface area contributed by atoms with Gasteiger partial charge in [-0.3, -0.25) is 0 Å². The number of anilines is 3. The summed E-state index contributed by atoms with van der Waals surface area (Å²) >= 11 is 0. The van der Waals surface area contributed by atoms with Gasteiger partial charge in [-0.25, -0.2) is 0 Å². The average molecular weight is 226 g/mol. The molecule has 0 saturated carbocycles. The summed E-state index contributed by atoms with van der Waals surface area (Å²) in [6.45, 7) is 2.32. The molecule has 0 fully saturated rings. The molecule has 0 aliphatic carbocycles. The number of rotatable bonds is 5. The number of aliphatic hydroxyl groups is 1. The Morgan fingerprint density at radius 2 is 2.06 bits per heavy atom. The van der Waals surface area contributed by atoms with Crippen LogP contribution in [0.25, 0.3) is 0 Å². The van der Waals surface area contributed by atoms with Gasteiger partial charge in [-0.15, -0.1) is 0 Å². The molecule has 7 nitrogen and oxygen atoms in total. The number of hydrogen-bond acceptors (Lipinski definition) is 7. The Hall–Kier alpha value is -1.63. The molecule has 1 atom stereocenters. The number of aliphatic hydroxyl groups excluding tert-OH is 1. The molecule has 1 aromatic heterocycles. The molecule has 1 heterocycles. The van der Waals surface area contributed by atoms with Gasteiger partial charge in [0, 0.05) is 20.6 Å². The van der Waals surface area contributed by atoms with E-state index in [-0.39, 0.29) is 12.1 Å². The van der Waals surface area contributed by atoms with Gasteiger partial charge in [0.1, 0.15) is 0 Å². The molecule has 1 aromatic rings. The number of aromatic nitrogens is 3. The van der Waals surface area contributed by atoms with Crippen molar-refractivity contribution in [3.8, 4) is 0 Å². The van der Waals surface area contributed by atoms with Gasteiger partial charge in [0.2, 0.25) is 17.8 Å². The van der Waals surface area contributed by atoms with E-state index in [4.69, 9.17) is 10.8 Å². The minimum Gasteiger partial charge on any atom is -0.393 e. The molecule has 0 saturated heterocycles. The topological polar surface area (TPSA) is 100 Å². The Labute approximate surface area is 94.7 Å². The summed E-state index contributed by atoms with van der Waals surface area (Å²) in [4.78, 5) is 13.8. The van der Waals surface area contributed by atoms with Crippen LogP contribution in [0.15, 0.2) is 0 Å². The predicted molar refractivity (Wildman–Crippen MR) is 63.4 cm³/mol. The van der Waals surface area contributed by atoms with Gasteiger partial charge in [-0.05, 0) is 13.3 Å². The quantitative estimate of drug-likeness (QED) is 0.634. The van der Waals surface area contributed by atoms with Gasteiger partial charge in [-0.1, -0.05) is 0 Å². The van der Waals surface area contributed by atoms with Crippen molar-refractivity contribution in [2.24, 2.45) is 0 Å². The number of nitrogen functional groups attached to an aromatic ring is 1. The number of nitrogens with zero attached hydrogens (tertiary/aromatic N) is 4. The van der Waals surface area contributed by atoms with Crippen LogP contribution in [0, 0.1) is 0 Å². The Morgan fingerprint density at radius 3 is 2.62 bits per heavy atom. The summed E-state index contributed by atoms with van der Waals surface area (Å²) < 4.78 is 0. The third-order valence-corrected chi connectivity index (χ3v) is 1.89. The molecule has 0 aliphatic heterocycles. The zero-order valence-corrected chi connectivity index (χ0v) is 9.80. The second-order valence-corrected chi connectivity index (χ2v) is 3.78. The second kappa shape index (κ2) is 5.45. The lowest BCUT2D eigenvalue weighted by Gasteiger charge is -2.12. The molecule has 7 heteroatoms. The summed E-state index contributed by atoms with van der Waals surface area (Å²) in [5, 5.41) is 12.1. The number of nitrogens with two attached hydrogens (primary N) is 1. The zero-order chi connectivity index (χ0) is 12.1. The fraction of sp³-hybridized carbons (Fsp3) is 0.667. The van der Waals surface area contributed by atoms with Gasteiger partial charge in [0.15, 0.2) is 0 Å². The summed E-state index contributed by atoms with van der Waals surface area (Å²) in [5.41, 5.74) is 5.55. The minimum absolute atomic E-state index is 0.179. The van der Waals surface area contributed by atoms with E-state index >= 15 is 0 Å². The van der Waals surface area contributed by atoms with E-state index in [2.05, 4.69) is 20.3 Å². The SMILES string of the molecule is CC(O)CCNc1nc(N)nc(N(C)C)n1. The smallest absolute Gasteiger partial charge is 0.231 e. The third-order valence-electron chi connectivity index (χ3n) is 1.89. The van der Waals surface area contributed by atoms with E-state index in [1.165, 1.54) is 0 Å². The van der Waals surface area contributed by atoms with Crippen LogP contribution in [0.3, 0.4) is 0 Å². The van der Waals surface area contributed by atoms with Crippen LogP contribution < -0.4 is 16.0 Å². The van der Waals surface area contributed by atoms with Crippen molar-refractivity contribution < 1.29 is 5.11 Å². The molecule has 16 heavy (non-hydrogen) atoms. The maximum atomic E-state index is 9.10. The van der Waals surface area contributed by atoms with Crippen molar-refractivity contribution in [1.29, 1.82) is 0 Å². The highest BCUT2D eigenvalue weighted by Crippen LogP contribution is 2.08. The molecule has 1 rings (SSSR count). The highest BCUT2D eigenvalue weighted by atomic mass is 16.3. The summed E-state index contributed by atoms with van der Waals surface area (Å²) in [7, 11) is 3.66. The second-order valence-electron chi connectivity index (χ2n) is 3.78. The molecular weight excluding hydrogens is 208 g/mol. The van der Waals surface area contributed by atoms with Gasteiger partial charge >= 0.3 is 0 Å². The highest BCUT2D eigenvalue weighted by molar-refractivity contribution is 5.40. The van der Waals surface area contributed by atoms with E-state index in [0.29, 0.717) is 24.9 Å². The van der Waals surface area contributed by atoms with Crippen molar-refractivity contribution in [2.45, 2.75) is 19.4 Å². The van der Waals surface area contributed by atoms with Crippen LogP contribution in [0.4, 0.5) is 17.8 Å². The molecule has 0 aliphatic rings. The maximum absolute atomic E-state index is 9.10. The van der Waals surface area contributed by atoms with E-state index in [0.717, 1.165) is 0 Å². The molecular formula is C9H18N6O. The first-order valence-electron chi connectivity index (χ1n) is 5.10. The monoisotopic (exact) mass is 226 g/mol. The van der Waals surface area contributed by atoms with Crippen molar-refractivity contribution in [2.75, 3.05) is 36.6 Å². The Morgan fingerprint density at radius 1 is 1.38 bits per heavy atom. The van der Waals surface area contributed by atoms with Gasteiger partial charge in [0.05, 0.1) is 6.10 Å². The van der Waals surface area contributed by atoms with Crippen molar-refractivity contribution in [3.63, 3.8) is 0 Å². The number of hydrogen-bond donors (Lipinski definition) is 3. The van der Waals surface area contributed by atoms with Crippen LogP contribution in [-0.2, 0) is 0 Å². The molecule has 0 spiro atoms. The lowest BCUT2D eigenvalue weighted by Crippen LogP contribution is -2.17. The van der Waals surface area contributed by atoms with E-state index in [9.17, 15) is 0 Å². The van der Waals surface area contributed by atoms with Crippen molar-refractivity contribution in [3.05, 3.63) is 0 Å². The minimum atomic E-state index is -0.347. The van der Waals surface area contributed by atoms with E-state index in [1.54, 1.807) is 11.8 Å². The predicted octanol–water partition coefficient (Wildman–Crippen LogP) is -0.297. The molecule has 0 bridgehead atoms. The lowest BCUT2D eigenvalue weighted by atomic mass is 10.3. The first-order chi connectivity index (χ1) is 7.49. The molecule has 4 N–H and O–H groups in total. The summed E-state index contributed by atoms with van der Waals surface area (Å²) in [5.74, 6) is 1.11. The highest BCUT2D eigenvalue weighted by Gasteiger charge is 2.05. The lowest BCUT2D eigenvalue weighted by molar-refractivity contribution is 0.188. The van der Waals surface area contributed by atoms with Gasteiger partial charge in [0.25, 0.3) is 0 Å². The van der Waals surface area contributed by atoms with Crippen LogP contribution in [0.1, 0.15) is 13.3 Å². The first-order valence-corrected chi connectivity index (χ1v) is 5.10. The van der Waals surface area contributed by atoms with Gasteiger partial charge in [-0.2, -0.15) is 15.0 Å².